The number of rotatable bonds is 7. The van der Waals surface area contributed by atoms with Crippen LogP contribution in [0.4, 0.5) is 13.2 Å². The highest BCUT2D eigenvalue weighted by Gasteiger charge is 2.42. The Hall–Kier alpha value is -2.90. The van der Waals surface area contributed by atoms with Gasteiger partial charge in [-0.1, -0.05) is 12.1 Å². The number of carbonyl (C=O) groups is 1. The molecule has 0 amide bonds. The first-order chi connectivity index (χ1) is 16.1. The van der Waals surface area contributed by atoms with E-state index in [2.05, 4.69) is 26.5 Å². The largest absolute Gasteiger partial charge is 0.492 e. The average Bonchev–Trinajstić information content (AvgIpc) is 3.22. The molecule has 0 aliphatic carbocycles. The standard InChI is InChI=1S/C21H24F3N5O4S/c1-14(28-10-3-11-28)29-13-18(26-19(29)15-6-8-25-9-7-15)16-4-2-5-17(12-16)34(31,32)27-33-20(30)21(22,23)24/h2-5,10,12-15,25,27H,6-9,11H2,1H3. The number of halogens is 3. The molecule has 9 nitrogen and oxygen atoms in total. The van der Waals surface area contributed by atoms with Crippen molar-refractivity contribution >= 4 is 16.0 Å². The fourth-order valence-corrected chi connectivity index (χ4v) is 4.74. The molecular formula is C21H24F3N5O4S. The number of benzene rings is 1. The lowest BCUT2D eigenvalue weighted by Gasteiger charge is -2.35. The van der Waals surface area contributed by atoms with Crippen LogP contribution in [0.2, 0.25) is 0 Å². The van der Waals surface area contributed by atoms with E-state index in [-0.39, 0.29) is 17.0 Å². The Balaban J connectivity index is 1.63. The van der Waals surface area contributed by atoms with Crippen molar-refractivity contribution in [2.45, 2.75) is 42.9 Å². The third kappa shape index (κ3) is 5.10. The fourth-order valence-electron chi connectivity index (χ4n) is 3.91. The molecule has 3 heterocycles. The smallest absolute Gasteiger partial charge is 0.354 e. The van der Waals surface area contributed by atoms with E-state index in [4.69, 9.17) is 4.98 Å². The highest BCUT2D eigenvalue weighted by atomic mass is 32.2. The van der Waals surface area contributed by atoms with Crippen molar-refractivity contribution < 1.29 is 31.2 Å². The number of piperidine rings is 1. The SMILES string of the molecule is CC(N1C=CC1)n1cc(-c2cccc(S(=O)(=O)NOC(=O)C(F)(F)F)c2)nc1C1CCNCC1. The first kappa shape index (κ1) is 24.2. The number of nitrogens with one attached hydrogen (secondary N) is 2. The van der Waals surface area contributed by atoms with Crippen molar-refractivity contribution in [3.05, 3.63) is 48.6 Å². The highest BCUT2D eigenvalue weighted by molar-refractivity contribution is 7.89. The molecule has 0 radical (unpaired) electrons. The van der Waals surface area contributed by atoms with Crippen LogP contribution in [0, 0.1) is 0 Å². The molecule has 34 heavy (non-hydrogen) atoms. The van der Waals surface area contributed by atoms with Crippen molar-refractivity contribution in [3.63, 3.8) is 0 Å². The Morgan fingerprint density at radius 1 is 1.29 bits per heavy atom. The summed E-state index contributed by atoms with van der Waals surface area (Å²) >= 11 is 0. The van der Waals surface area contributed by atoms with Gasteiger partial charge in [0.05, 0.1) is 10.6 Å². The van der Waals surface area contributed by atoms with Gasteiger partial charge in [-0.05, 0) is 62.1 Å². The van der Waals surface area contributed by atoms with E-state index in [0.717, 1.165) is 38.3 Å². The number of sulfonamides is 1. The first-order valence-electron chi connectivity index (χ1n) is 10.7. The number of carbonyl (C=O) groups excluding carboxylic acids is 1. The van der Waals surface area contributed by atoms with Gasteiger partial charge in [0.2, 0.25) is 0 Å². The minimum atomic E-state index is -5.33. The van der Waals surface area contributed by atoms with Gasteiger partial charge in [-0.3, -0.25) is 0 Å². The topological polar surface area (TPSA) is 106 Å². The van der Waals surface area contributed by atoms with Gasteiger partial charge in [-0.15, -0.1) is 0 Å². The van der Waals surface area contributed by atoms with Gasteiger partial charge < -0.3 is 19.6 Å². The van der Waals surface area contributed by atoms with E-state index in [9.17, 15) is 26.4 Å². The molecule has 184 valence electrons. The lowest BCUT2D eigenvalue weighted by atomic mass is 9.97. The molecule has 0 bridgehead atoms. The Morgan fingerprint density at radius 3 is 2.62 bits per heavy atom. The van der Waals surface area contributed by atoms with Crippen LogP contribution in [0.5, 0.6) is 0 Å². The van der Waals surface area contributed by atoms with E-state index in [1.807, 2.05) is 18.5 Å². The number of hydrogen-bond acceptors (Lipinski definition) is 7. The third-order valence-electron chi connectivity index (χ3n) is 5.88. The van der Waals surface area contributed by atoms with Gasteiger partial charge in [0.1, 0.15) is 12.0 Å². The third-order valence-corrected chi connectivity index (χ3v) is 7.05. The molecule has 1 saturated heterocycles. The molecule has 0 spiro atoms. The van der Waals surface area contributed by atoms with Crippen LogP contribution in [0.1, 0.15) is 37.7 Å². The maximum Gasteiger partial charge on any atom is 0.492 e. The van der Waals surface area contributed by atoms with Crippen LogP contribution in [0.15, 0.2) is 47.6 Å². The second-order valence-electron chi connectivity index (χ2n) is 8.13. The molecule has 2 aliphatic rings. The fraction of sp³-hybridized carbons (Fsp3) is 0.429. The Kier molecular flexibility index (Phi) is 6.69. The van der Waals surface area contributed by atoms with E-state index < -0.39 is 22.2 Å². The summed E-state index contributed by atoms with van der Waals surface area (Å²) in [6.45, 7) is 4.62. The molecule has 1 aromatic heterocycles. The summed E-state index contributed by atoms with van der Waals surface area (Å²) < 4.78 is 63.9. The molecule has 2 aliphatic heterocycles. The Bertz CT molecular complexity index is 1190. The van der Waals surface area contributed by atoms with Crippen LogP contribution < -0.4 is 10.2 Å². The summed E-state index contributed by atoms with van der Waals surface area (Å²) in [5.41, 5.74) is 1.000. The number of aromatic nitrogens is 2. The minimum Gasteiger partial charge on any atom is -0.354 e. The van der Waals surface area contributed by atoms with Gasteiger partial charge in [0.15, 0.2) is 0 Å². The second kappa shape index (κ2) is 9.39. The van der Waals surface area contributed by atoms with E-state index in [1.54, 1.807) is 6.07 Å². The van der Waals surface area contributed by atoms with Crippen molar-refractivity contribution in [1.29, 1.82) is 0 Å². The molecule has 1 aromatic carbocycles. The molecule has 4 rings (SSSR count). The summed E-state index contributed by atoms with van der Waals surface area (Å²) in [7, 11) is -4.55. The summed E-state index contributed by atoms with van der Waals surface area (Å²) in [4.78, 5) is 22.4. The van der Waals surface area contributed by atoms with Crippen LogP contribution in [0.3, 0.4) is 0 Å². The maximum absolute atomic E-state index is 12.4. The lowest BCUT2D eigenvalue weighted by Crippen LogP contribution is -2.34. The van der Waals surface area contributed by atoms with Crippen LogP contribution >= 0.6 is 0 Å². The summed E-state index contributed by atoms with van der Waals surface area (Å²) in [6.07, 6.45) is 2.42. The zero-order valence-electron chi connectivity index (χ0n) is 18.2. The van der Waals surface area contributed by atoms with Crippen molar-refractivity contribution in [3.8, 4) is 11.3 Å². The first-order valence-corrected chi connectivity index (χ1v) is 12.2. The van der Waals surface area contributed by atoms with E-state index >= 15 is 0 Å². The zero-order valence-corrected chi connectivity index (χ0v) is 19.1. The maximum atomic E-state index is 12.4. The van der Waals surface area contributed by atoms with Gasteiger partial charge >= 0.3 is 12.1 Å². The summed E-state index contributed by atoms with van der Waals surface area (Å²) in [5, 5.41) is 3.33. The molecule has 2 aromatic rings. The molecule has 13 heteroatoms. The number of imidazole rings is 1. The quantitative estimate of drug-likeness (QED) is 0.565. The molecular weight excluding hydrogens is 475 g/mol. The zero-order chi connectivity index (χ0) is 24.5. The van der Waals surface area contributed by atoms with Crippen molar-refractivity contribution in [2.24, 2.45) is 0 Å². The number of hydrogen-bond donors (Lipinski definition) is 2. The van der Waals surface area contributed by atoms with Crippen molar-refractivity contribution in [2.75, 3.05) is 19.6 Å². The van der Waals surface area contributed by atoms with E-state index in [0.29, 0.717) is 11.3 Å². The molecule has 1 unspecified atom stereocenters. The minimum absolute atomic E-state index is 0.00602. The number of nitrogens with zero attached hydrogens (tertiary/aromatic N) is 3. The molecule has 0 saturated carbocycles. The lowest BCUT2D eigenvalue weighted by molar-refractivity contribution is -0.203. The van der Waals surface area contributed by atoms with E-state index in [1.165, 1.54) is 23.1 Å². The van der Waals surface area contributed by atoms with Gasteiger partial charge in [0, 0.05) is 24.2 Å². The highest BCUT2D eigenvalue weighted by Crippen LogP contribution is 2.32. The predicted molar refractivity (Wildman–Crippen MR) is 116 cm³/mol. The normalized spacial score (nSPS) is 17.9. The van der Waals surface area contributed by atoms with Crippen LogP contribution in [0.25, 0.3) is 11.3 Å². The average molecular weight is 500 g/mol. The monoisotopic (exact) mass is 499 g/mol. The molecule has 1 atom stereocenters. The van der Waals surface area contributed by atoms with Gasteiger partial charge in [0.25, 0.3) is 10.0 Å². The molecule has 1 fully saturated rings. The Labute approximate surface area is 194 Å². The Morgan fingerprint density at radius 2 is 2.00 bits per heavy atom. The van der Waals surface area contributed by atoms with Crippen molar-refractivity contribution in [1.82, 2.24) is 24.7 Å². The predicted octanol–water partition coefficient (Wildman–Crippen LogP) is 2.66. The van der Waals surface area contributed by atoms with Crippen LogP contribution in [-0.4, -0.2) is 54.6 Å². The summed E-state index contributed by atoms with van der Waals surface area (Å²) in [6, 6.07) is 5.57. The van der Waals surface area contributed by atoms with Gasteiger partial charge in [-0.25, -0.2) is 18.2 Å². The van der Waals surface area contributed by atoms with Crippen LogP contribution in [-0.2, 0) is 19.7 Å². The summed E-state index contributed by atoms with van der Waals surface area (Å²) in [5.74, 6) is -1.53. The number of alkyl halides is 3. The second-order valence-corrected chi connectivity index (χ2v) is 9.78. The molecule has 2 N–H and O–H groups in total. The van der Waals surface area contributed by atoms with Gasteiger partial charge in [-0.2, -0.15) is 13.2 Å².